The second-order valence-corrected chi connectivity index (χ2v) is 8.45. The molecular formula is C26H28FN3O3. The van der Waals surface area contributed by atoms with Gasteiger partial charge < -0.3 is 14.3 Å². The first-order valence-electron chi connectivity index (χ1n) is 11.2. The van der Waals surface area contributed by atoms with Crippen molar-refractivity contribution >= 4 is 11.8 Å². The van der Waals surface area contributed by atoms with Crippen LogP contribution in [0.25, 0.3) is 11.1 Å². The zero-order valence-corrected chi connectivity index (χ0v) is 19.2. The van der Waals surface area contributed by atoms with Gasteiger partial charge in [-0.25, -0.2) is 4.39 Å². The third-order valence-corrected chi connectivity index (χ3v) is 6.28. The van der Waals surface area contributed by atoms with Gasteiger partial charge in [-0.15, -0.1) is 0 Å². The molecule has 2 aromatic carbocycles. The van der Waals surface area contributed by atoms with Crippen molar-refractivity contribution in [2.24, 2.45) is 5.92 Å². The van der Waals surface area contributed by atoms with Gasteiger partial charge in [-0.1, -0.05) is 47.6 Å². The van der Waals surface area contributed by atoms with Crippen molar-refractivity contribution in [3.8, 4) is 11.1 Å². The van der Waals surface area contributed by atoms with Crippen molar-refractivity contribution in [2.75, 3.05) is 26.2 Å². The number of carbonyl (C=O) groups is 2. The number of hydrogen-bond acceptors (Lipinski definition) is 4. The lowest BCUT2D eigenvalue weighted by atomic mass is 9.95. The van der Waals surface area contributed by atoms with Gasteiger partial charge in [0.05, 0.1) is 11.6 Å². The Labute approximate surface area is 193 Å². The zero-order chi connectivity index (χ0) is 23.5. The fourth-order valence-electron chi connectivity index (χ4n) is 4.44. The summed E-state index contributed by atoms with van der Waals surface area (Å²) in [6.45, 7) is 7.30. The van der Waals surface area contributed by atoms with Crippen molar-refractivity contribution < 1.29 is 18.5 Å². The van der Waals surface area contributed by atoms with Crippen molar-refractivity contribution in [1.82, 2.24) is 15.0 Å². The molecule has 0 unspecified atom stereocenters. The van der Waals surface area contributed by atoms with Gasteiger partial charge in [0.15, 0.2) is 0 Å². The van der Waals surface area contributed by atoms with Crippen LogP contribution in [0.4, 0.5) is 4.39 Å². The number of nitrogens with zero attached hydrogens (tertiary/aromatic N) is 3. The molecule has 1 aromatic heterocycles. The summed E-state index contributed by atoms with van der Waals surface area (Å²) < 4.78 is 19.3. The Morgan fingerprint density at radius 3 is 2.48 bits per heavy atom. The molecule has 0 saturated carbocycles. The van der Waals surface area contributed by atoms with E-state index in [1.165, 1.54) is 6.07 Å². The number of hydrogen-bond donors (Lipinski definition) is 0. The van der Waals surface area contributed by atoms with Gasteiger partial charge in [-0.3, -0.25) is 9.59 Å². The number of halogens is 1. The standard InChI is InChI=1S/C26H28FN3O3/c1-4-29-13-14-30(26(32)24-17(2)28-33-18(24)3)16-21(25(29)31)15-19-9-11-20(12-10-19)22-7-5-6-8-23(22)27/h5-12,21H,4,13-16H2,1-3H3/t21-/m0/s1. The Morgan fingerprint density at radius 2 is 1.85 bits per heavy atom. The smallest absolute Gasteiger partial charge is 0.259 e. The summed E-state index contributed by atoms with van der Waals surface area (Å²) in [5.41, 5.74) is 3.33. The monoisotopic (exact) mass is 449 g/mol. The molecule has 7 heteroatoms. The first-order valence-corrected chi connectivity index (χ1v) is 11.2. The highest BCUT2D eigenvalue weighted by atomic mass is 19.1. The number of likely N-dealkylation sites (N-methyl/N-ethyl adjacent to an activating group) is 1. The van der Waals surface area contributed by atoms with Crippen LogP contribution < -0.4 is 0 Å². The predicted octanol–water partition coefficient (Wildman–Crippen LogP) is 4.26. The van der Waals surface area contributed by atoms with Gasteiger partial charge in [0.1, 0.15) is 17.1 Å². The minimum absolute atomic E-state index is 0.0461. The van der Waals surface area contributed by atoms with Gasteiger partial charge in [-0.05, 0) is 44.4 Å². The quantitative estimate of drug-likeness (QED) is 0.584. The summed E-state index contributed by atoms with van der Waals surface area (Å²) in [7, 11) is 0. The normalized spacial score (nSPS) is 16.7. The highest BCUT2D eigenvalue weighted by molar-refractivity contribution is 5.96. The molecule has 0 spiro atoms. The van der Waals surface area contributed by atoms with Crippen molar-refractivity contribution in [2.45, 2.75) is 27.2 Å². The maximum absolute atomic E-state index is 14.1. The SMILES string of the molecule is CCN1CCN(C(=O)c2c(C)noc2C)C[C@H](Cc2ccc(-c3ccccc3F)cc2)C1=O. The molecule has 4 rings (SSSR count). The third kappa shape index (κ3) is 4.67. The molecule has 1 atom stereocenters. The summed E-state index contributed by atoms with van der Waals surface area (Å²) in [4.78, 5) is 30.0. The Morgan fingerprint density at radius 1 is 1.12 bits per heavy atom. The Hall–Kier alpha value is -3.48. The summed E-state index contributed by atoms with van der Waals surface area (Å²) in [5, 5.41) is 3.90. The van der Waals surface area contributed by atoms with E-state index in [4.69, 9.17) is 4.52 Å². The summed E-state index contributed by atoms with van der Waals surface area (Å²) in [6.07, 6.45) is 0.498. The van der Waals surface area contributed by atoms with E-state index in [0.29, 0.717) is 55.2 Å². The van der Waals surface area contributed by atoms with Crippen molar-refractivity contribution in [3.05, 3.63) is 76.9 Å². The van der Waals surface area contributed by atoms with Crippen LogP contribution in [-0.2, 0) is 11.2 Å². The van der Waals surface area contributed by atoms with Gasteiger partial charge in [-0.2, -0.15) is 0 Å². The average Bonchev–Trinajstić information content (AvgIpc) is 3.06. The summed E-state index contributed by atoms with van der Waals surface area (Å²) >= 11 is 0. The number of carbonyl (C=O) groups excluding carboxylic acids is 2. The molecule has 0 aliphatic carbocycles. The third-order valence-electron chi connectivity index (χ3n) is 6.28. The molecule has 6 nitrogen and oxygen atoms in total. The van der Waals surface area contributed by atoms with E-state index in [-0.39, 0.29) is 23.5 Å². The second-order valence-electron chi connectivity index (χ2n) is 8.45. The van der Waals surface area contributed by atoms with Crippen LogP contribution in [0.2, 0.25) is 0 Å². The number of benzene rings is 2. The molecule has 3 aromatic rings. The predicted molar refractivity (Wildman–Crippen MR) is 123 cm³/mol. The average molecular weight is 450 g/mol. The molecule has 1 saturated heterocycles. The van der Waals surface area contributed by atoms with Crippen molar-refractivity contribution in [1.29, 1.82) is 0 Å². The molecule has 2 amide bonds. The molecule has 0 radical (unpaired) electrons. The Bertz CT molecular complexity index is 1140. The van der Waals surface area contributed by atoms with Gasteiger partial charge in [0.2, 0.25) is 5.91 Å². The first kappa shape index (κ1) is 22.7. The molecule has 172 valence electrons. The van der Waals surface area contributed by atoms with Gasteiger partial charge in [0.25, 0.3) is 5.91 Å². The minimum Gasteiger partial charge on any atom is -0.361 e. The van der Waals surface area contributed by atoms with E-state index < -0.39 is 0 Å². The molecular weight excluding hydrogens is 421 g/mol. The van der Waals surface area contributed by atoms with E-state index in [9.17, 15) is 14.0 Å². The molecule has 1 aliphatic heterocycles. The lowest BCUT2D eigenvalue weighted by molar-refractivity contribution is -0.134. The maximum Gasteiger partial charge on any atom is 0.259 e. The summed E-state index contributed by atoms with van der Waals surface area (Å²) in [6, 6.07) is 14.3. The van der Waals surface area contributed by atoms with Crippen LogP contribution in [0, 0.1) is 25.6 Å². The topological polar surface area (TPSA) is 66.7 Å². The molecule has 33 heavy (non-hydrogen) atoms. The number of aromatic nitrogens is 1. The molecule has 1 fully saturated rings. The van der Waals surface area contributed by atoms with E-state index >= 15 is 0 Å². The fraction of sp³-hybridized carbons (Fsp3) is 0.346. The minimum atomic E-state index is -0.365. The Balaban J connectivity index is 1.56. The molecule has 0 N–H and O–H groups in total. The van der Waals surface area contributed by atoms with Gasteiger partial charge in [0, 0.05) is 31.7 Å². The first-order chi connectivity index (χ1) is 15.9. The number of amides is 2. The lowest BCUT2D eigenvalue weighted by Gasteiger charge is -2.23. The van der Waals surface area contributed by atoms with Crippen LogP contribution in [-0.4, -0.2) is 52.9 Å². The summed E-state index contributed by atoms with van der Waals surface area (Å²) in [5.74, 6) is -0.255. The second kappa shape index (κ2) is 9.57. The highest BCUT2D eigenvalue weighted by Crippen LogP contribution is 2.25. The zero-order valence-electron chi connectivity index (χ0n) is 19.2. The van der Waals surface area contributed by atoms with Crippen LogP contribution in [0.3, 0.4) is 0 Å². The van der Waals surface area contributed by atoms with Gasteiger partial charge >= 0.3 is 0 Å². The van der Waals surface area contributed by atoms with Crippen LogP contribution in [0.1, 0.15) is 34.3 Å². The van der Waals surface area contributed by atoms with Crippen LogP contribution in [0.15, 0.2) is 53.1 Å². The van der Waals surface area contributed by atoms with Crippen LogP contribution in [0.5, 0.6) is 0 Å². The number of rotatable bonds is 5. The van der Waals surface area contributed by atoms with E-state index in [1.54, 1.807) is 41.8 Å². The Kier molecular flexibility index (Phi) is 6.58. The largest absolute Gasteiger partial charge is 0.361 e. The van der Waals surface area contributed by atoms with Crippen molar-refractivity contribution in [3.63, 3.8) is 0 Å². The number of aryl methyl sites for hydroxylation is 2. The highest BCUT2D eigenvalue weighted by Gasteiger charge is 2.33. The fourth-order valence-corrected chi connectivity index (χ4v) is 4.44. The maximum atomic E-state index is 14.1. The molecule has 0 bridgehead atoms. The van der Waals surface area contributed by atoms with E-state index in [2.05, 4.69) is 5.16 Å². The molecule has 1 aliphatic rings. The lowest BCUT2D eigenvalue weighted by Crippen LogP contribution is -2.38. The van der Waals surface area contributed by atoms with Crippen LogP contribution >= 0.6 is 0 Å². The van der Waals surface area contributed by atoms with E-state index in [0.717, 1.165) is 11.1 Å². The molecule has 2 heterocycles. The van der Waals surface area contributed by atoms with E-state index in [1.807, 2.05) is 31.2 Å².